The maximum absolute atomic E-state index is 13.6. The maximum Gasteiger partial charge on any atom is 0.298 e. The summed E-state index contributed by atoms with van der Waals surface area (Å²) in [7, 11) is -11.8. The zero-order chi connectivity index (χ0) is 46.4. The molecule has 65 heavy (non-hydrogen) atoms. The van der Waals surface area contributed by atoms with Gasteiger partial charge in [-0.05, 0) is 138 Å². The highest BCUT2D eigenvalue weighted by atomic mass is 32.2. The molecule has 7 aromatic carbocycles. The highest BCUT2D eigenvalue weighted by molar-refractivity contribution is 7.95. The summed E-state index contributed by atoms with van der Waals surface area (Å²) in [5.41, 5.74) is 1.16. The second-order valence-electron chi connectivity index (χ2n) is 13.6. The quantitative estimate of drug-likeness (QED) is 0.0296. The van der Waals surface area contributed by atoms with Gasteiger partial charge in [-0.2, -0.15) is 8.42 Å². The Hall–Kier alpha value is -5.73. The van der Waals surface area contributed by atoms with Gasteiger partial charge in [0.15, 0.2) is 0 Å². The summed E-state index contributed by atoms with van der Waals surface area (Å²) < 4.78 is 121. The van der Waals surface area contributed by atoms with Crippen LogP contribution in [-0.2, 0) is 55.1 Å². The molecule has 7 rings (SSSR count). The molecule has 0 saturated carbocycles. The number of fused-ring (bicyclic) bond motifs is 1. The van der Waals surface area contributed by atoms with Crippen molar-refractivity contribution in [3.8, 4) is 34.5 Å². The minimum Gasteiger partial charge on any atom is -0.497 e. The summed E-state index contributed by atoms with van der Waals surface area (Å²) in [6.07, 6.45) is 0. The third-order valence-electron chi connectivity index (χ3n) is 9.44. The first-order valence-corrected chi connectivity index (χ1v) is 24.4. The SMILES string of the molecule is COc1ccc2cc(Oc3ccc(S(=O)(=O)c4ccc(COc5ccc(Oc6ccc(S(=O)(=O)c7ccc(C)c(SOOO)c7)cc6S(=O)(=O)O)c(SOOO)c5)cc4)cc3)ccc2c1. The molecule has 0 atom stereocenters. The van der Waals surface area contributed by atoms with Crippen molar-refractivity contribution >= 4 is 64.7 Å². The molecular formula is C43H34O17S5. The number of benzene rings is 7. The van der Waals surface area contributed by atoms with Crippen LogP contribution in [0.15, 0.2) is 174 Å². The number of ether oxygens (including phenoxy) is 4. The molecule has 0 amide bonds. The average Bonchev–Trinajstić information content (AvgIpc) is 3.30. The summed E-state index contributed by atoms with van der Waals surface area (Å²) in [6, 6.07) is 34.3. The van der Waals surface area contributed by atoms with E-state index in [4.69, 9.17) is 29.5 Å². The van der Waals surface area contributed by atoms with Gasteiger partial charge in [0.1, 0.15) is 46.0 Å². The van der Waals surface area contributed by atoms with Gasteiger partial charge in [0.2, 0.25) is 19.7 Å². The van der Waals surface area contributed by atoms with Crippen LogP contribution >= 0.6 is 24.1 Å². The molecule has 0 saturated heterocycles. The van der Waals surface area contributed by atoms with Crippen molar-refractivity contribution in [2.75, 3.05) is 7.11 Å². The van der Waals surface area contributed by atoms with E-state index < -0.39 is 45.3 Å². The van der Waals surface area contributed by atoms with Crippen molar-refractivity contribution in [2.24, 2.45) is 0 Å². The largest absolute Gasteiger partial charge is 0.497 e. The van der Waals surface area contributed by atoms with E-state index in [1.807, 2.05) is 36.4 Å². The summed E-state index contributed by atoms with van der Waals surface area (Å²) >= 11 is 0.964. The molecule has 22 heteroatoms. The van der Waals surface area contributed by atoms with E-state index in [0.717, 1.165) is 28.7 Å². The molecule has 0 radical (unpaired) electrons. The van der Waals surface area contributed by atoms with Crippen LogP contribution in [0.3, 0.4) is 0 Å². The second-order valence-corrected chi connectivity index (χ2v) is 20.3. The number of hydrogen-bond acceptors (Lipinski definition) is 18. The van der Waals surface area contributed by atoms with Gasteiger partial charge in [0, 0.05) is 4.90 Å². The van der Waals surface area contributed by atoms with Gasteiger partial charge in [0.05, 0.1) is 55.7 Å². The standard InChI is InChI=1S/C43H34O17S5/c1-27-3-13-37(24-41(27)61-59-57-44)64(48,49)38-18-20-40(43(25-38)65(50,51)52)56-39-19-12-33(23-42(39)62-60-58-45)54-26-28-4-14-35(15-5-28)63(46,47)36-16-10-31(11-17-36)55-34-9-7-29-21-32(53-2)8-6-30(29)22-34/h3-25,44-45H,26H2,1-2H3,(H,50,51,52). The third-order valence-corrected chi connectivity index (χ3v) is 15.2. The molecule has 0 aliphatic carbocycles. The van der Waals surface area contributed by atoms with Crippen molar-refractivity contribution in [3.05, 3.63) is 151 Å². The molecule has 0 aliphatic rings. The van der Waals surface area contributed by atoms with E-state index in [2.05, 4.69) is 18.7 Å². The number of aryl methyl sites for hydroxylation is 1. The van der Waals surface area contributed by atoms with Crippen LogP contribution in [0.25, 0.3) is 10.8 Å². The second kappa shape index (κ2) is 20.2. The number of hydrogen-bond donors (Lipinski definition) is 3. The smallest absolute Gasteiger partial charge is 0.298 e. The third kappa shape index (κ3) is 11.2. The molecule has 0 bridgehead atoms. The van der Waals surface area contributed by atoms with Gasteiger partial charge < -0.3 is 18.9 Å². The molecule has 0 spiro atoms. The predicted molar refractivity (Wildman–Crippen MR) is 234 cm³/mol. The lowest BCUT2D eigenvalue weighted by Crippen LogP contribution is -2.07. The molecule has 0 aliphatic heterocycles. The fraction of sp³-hybridized carbons (Fsp3) is 0.0698. The first-order chi connectivity index (χ1) is 31.1. The zero-order valence-corrected chi connectivity index (χ0v) is 37.7. The van der Waals surface area contributed by atoms with Crippen LogP contribution in [0, 0.1) is 6.92 Å². The first kappa shape index (κ1) is 47.2. The van der Waals surface area contributed by atoms with E-state index in [-0.39, 0.29) is 42.6 Å². The Balaban J connectivity index is 1.03. The van der Waals surface area contributed by atoms with Gasteiger partial charge in [-0.3, -0.25) is 4.55 Å². The lowest BCUT2D eigenvalue weighted by molar-refractivity contribution is -0.432. The summed E-state index contributed by atoms with van der Waals surface area (Å²) in [5, 5.41) is 26.6. The minimum atomic E-state index is -5.10. The van der Waals surface area contributed by atoms with E-state index in [1.165, 1.54) is 60.7 Å². The Morgan fingerprint density at radius 3 is 1.68 bits per heavy atom. The highest BCUT2D eigenvalue weighted by Gasteiger charge is 2.26. The van der Waals surface area contributed by atoms with Crippen LogP contribution in [0.5, 0.6) is 34.5 Å². The average molecular weight is 983 g/mol. The molecule has 0 unspecified atom stereocenters. The molecule has 338 valence electrons. The fourth-order valence-corrected chi connectivity index (χ4v) is 10.4. The molecule has 7 aromatic rings. The summed E-state index contributed by atoms with van der Waals surface area (Å²) in [6.45, 7) is 1.61. The lowest BCUT2D eigenvalue weighted by atomic mass is 10.1. The van der Waals surface area contributed by atoms with Crippen molar-refractivity contribution < 1.29 is 78.0 Å². The van der Waals surface area contributed by atoms with E-state index in [0.29, 0.717) is 52.8 Å². The van der Waals surface area contributed by atoms with Crippen LogP contribution < -0.4 is 18.9 Å². The van der Waals surface area contributed by atoms with Crippen LogP contribution in [0.1, 0.15) is 11.1 Å². The highest BCUT2D eigenvalue weighted by Crippen LogP contribution is 2.40. The zero-order valence-electron chi connectivity index (χ0n) is 33.6. The predicted octanol–water partition coefficient (Wildman–Crippen LogP) is 10.1. The Labute approximate surface area is 380 Å². The molecule has 0 heterocycles. The fourth-order valence-electron chi connectivity index (χ4n) is 6.15. The molecule has 0 fully saturated rings. The van der Waals surface area contributed by atoms with E-state index >= 15 is 0 Å². The number of rotatable bonds is 19. The van der Waals surface area contributed by atoms with E-state index in [1.54, 1.807) is 38.3 Å². The van der Waals surface area contributed by atoms with Crippen molar-refractivity contribution in [2.45, 2.75) is 47.8 Å². The van der Waals surface area contributed by atoms with Gasteiger partial charge in [0.25, 0.3) is 10.1 Å². The van der Waals surface area contributed by atoms with Gasteiger partial charge in [-0.15, -0.1) is 8.67 Å². The van der Waals surface area contributed by atoms with Crippen molar-refractivity contribution in [1.29, 1.82) is 0 Å². The van der Waals surface area contributed by atoms with Crippen LogP contribution in [0.4, 0.5) is 0 Å². The van der Waals surface area contributed by atoms with Crippen molar-refractivity contribution in [1.82, 2.24) is 0 Å². The van der Waals surface area contributed by atoms with E-state index in [9.17, 15) is 29.8 Å². The Bertz CT molecular complexity index is 3180. The van der Waals surface area contributed by atoms with Gasteiger partial charge in [-0.25, -0.2) is 27.4 Å². The monoisotopic (exact) mass is 982 g/mol. The Morgan fingerprint density at radius 2 is 1.03 bits per heavy atom. The first-order valence-electron chi connectivity index (χ1n) is 18.5. The van der Waals surface area contributed by atoms with Crippen LogP contribution in [-0.4, -0.2) is 47.4 Å². The van der Waals surface area contributed by atoms with Crippen molar-refractivity contribution in [3.63, 3.8) is 0 Å². The Kier molecular flexibility index (Phi) is 14.7. The van der Waals surface area contributed by atoms with Crippen LogP contribution in [0.2, 0.25) is 0 Å². The normalized spacial score (nSPS) is 12.0. The van der Waals surface area contributed by atoms with Gasteiger partial charge >= 0.3 is 0 Å². The summed E-state index contributed by atoms with van der Waals surface area (Å²) in [5.74, 6) is 1.39. The topological polar surface area (TPSA) is 237 Å². The van der Waals surface area contributed by atoms with Gasteiger partial charge in [-0.1, -0.05) is 40.4 Å². The maximum atomic E-state index is 13.6. The lowest BCUT2D eigenvalue weighted by Gasteiger charge is -2.15. The number of methoxy groups -OCH3 is 1. The Morgan fingerprint density at radius 1 is 0.508 bits per heavy atom. The number of sulfone groups is 2. The molecule has 3 N–H and O–H groups in total. The molecule has 17 nitrogen and oxygen atoms in total. The summed E-state index contributed by atoms with van der Waals surface area (Å²) in [4.78, 5) is -1.27. The molecule has 0 aromatic heterocycles. The molecular weight excluding hydrogens is 949 g/mol. The minimum absolute atomic E-state index is 0.0391.